The third kappa shape index (κ3) is 5.00. The summed E-state index contributed by atoms with van der Waals surface area (Å²) in [5.74, 6) is -0.985. The average molecular weight is 397 g/mol. The number of hydrogen-bond acceptors (Lipinski definition) is 7. The third-order valence-corrected chi connectivity index (χ3v) is 5.21. The van der Waals surface area contributed by atoms with Gasteiger partial charge in [-0.2, -0.15) is 16.6 Å². The first-order chi connectivity index (χ1) is 13.0. The summed E-state index contributed by atoms with van der Waals surface area (Å²) in [5, 5.41) is 18.1. The molecule has 0 unspecified atom stereocenters. The molecule has 2 heterocycles. The van der Waals surface area contributed by atoms with Gasteiger partial charge in [0, 0.05) is 22.0 Å². The molecule has 0 aliphatic rings. The number of thiazole rings is 1. The fraction of sp³-hybridized carbons (Fsp3) is 0.158. The maximum Gasteiger partial charge on any atom is 0.312 e. The molecular weight excluding hydrogens is 382 g/mol. The molecule has 0 aliphatic heterocycles. The molecule has 0 aliphatic carbocycles. The molecular formula is C19H15N3O3S2. The van der Waals surface area contributed by atoms with Crippen LogP contribution in [0.4, 0.5) is 5.69 Å². The Kier molecular flexibility index (Phi) is 5.96. The van der Waals surface area contributed by atoms with Crippen LogP contribution < -0.4 is 5.32 Å². The Morgan fingerprint density at radius 1 is 1.33 bits per heavy atom. The normalized spacial score (nSPS) is 11.4. The fourth-order valence-electron chi connectivity index (χ4n) is 2.26. The molecule has 8 heteroatoms. The first-order valence-corrected chi connectivity index (χ1v) is 9.85. The number of amides is 1. The molecule has 1 aromatic carbocycles. The summed E-state index contributed by atoms with van der Waals surface area (Å²) in [6.07, 6.45) is -0.958. The topological polar surface area (TPSA) is 92.1 Å². The minimum Gasteiger partial charge on any atom is -0.452 e. The zero-order valence-electron chi connectivity index (χ0n) is 14.3. The largest absolute Gasteiger partial charge is 0.452 e. The van der Waals surface area contributed by atoms with Crippen LogP contribution in [0.5, 0.6) is 0 Å². The van der Waals surface area contributed by atoms with Crippen molar-refractivity contribution in [2.24, 2.45) is 0 Å². The summed E-state index contributed by atoms with van der Waals surface area (Å²) in [7, 11) is 0. The van der Waals surface area contributed by atoms with Gasteiger partial charge >= 0.3 is 5.97 Å². The van der Waals surface area contributed by atoms with Crippen LogP contribution in [0.25, 0.3) is 10.6 Å². The van der Waals surface area contributed by atoms with Gasteiger partial charge in [-0.25, -0.2) is 4.98 Å². The molecule has 0 spiro atoms. The Bertz CT molecular complexity index is 990. The van der Waals surface area contributed by atoms with Crippen LogP contribution in [0, 0.1) is 11.3 Å². The van der Waals surface area contributed by atoms with Crippen LogP contribution in [0.2, 0.25) is 0 Å². The molecule has 1 atom stereocenters. The van der Waals surface area contributed by atoms with Gasteiger partial charge in [-0.3, -0.25) is 9.59 Å². The summed E-state index contributed by atoms with van der Waals surface area (Å²) >= 11 is 3.05. The minimum absolute atomic E-state index is 0.00216. The molecule has 6 nitrogen and oxygen atoms in total. The molecule has 0 saturated heterocycles. The van der Waals surface area contributed by atoms with E-state index in [2.05, 4.69) is 10.3 Å². The van der Waals surface area contributed by atoms with Crippen molar-refractivity contribution in [2.45, 2.75) is 19.4 Å². The van der Waals surface area contributed by atoms with Crippen molar-refractivity contribution in [2.75, 3.05) is 5.32 Å². The number of nitriles is 1. The van der Waals surface area contributed by atoms with Crippen LogP contribution in [0.15, 0.2) is 46.5 Å². The SMILES string of the molecule is C[C@H](OC(=O)Cc1csc(-c2ccsc2)n1)C(=O)Nc1cccc(C#N)c1. The van der Waals surface area contributed by atoms with E-state index in [1.807, 2.05) is 28.3 Å². The maximum absolute atomic E-state index is 12.2. The number of carbonyl (C=O) groups excluding carboxylic acids is 2. The number of ether oxygens (including phenoxy) is 1. The lowest BCUT2D eigenvalue weighted by atomic mass is 10.2. The van der Waals surface area contributed by atoms with Gasteiger partial charge in [0.15, 0.2) is 6.10 Å². The van der Waals surface area contributed by atoms with E-state index in [1.165, 1.54) is 18.3 Å². The standard InChI is InChI=1S/C19H15N3O3S2/c1-12(18(24)21-15-4-2-3-13(7-15)9-20)25-17(23)8-16-11-27-19(22-16)14-5-6-26-10-14/h2-7,10-12H,8H2,1H3,(H,21,24)/t12-/m0/s1. The van der Waals surface area contributed by atoms with Crippen LogP contribution in [-0.4, -0.2) is 23.0 Å². The van der Waals surface area contributed by atoms with Gasteiger partial charge in [-0.05, 0) is 36.6 Å². The molecule has 0 radical (unpaired) electrons. The number of benzene rings is 1. The Hall–Kier alpha value is -3.02. The fourth-order valence-corrected chi connectivity index (χ4v) is 3.79. The maximum atomic E-state index is 12.2. The van der Waals surface area contributed by atoms with E-state index in [0.717, 1.165) is 10.6 Å². The number of hydrogen-bond donors (Lipinski definition) is 1. The van der Waals surface area contributed by atoms with Gasteiger partial charge in [-0.1, -0.05) is 6.07 Å². The highest BCUT2D eigenvalue weighted by atomic mass is 32.1. The lowest BCUT2D eigenvalue weighted by Crippen LogP contribution is -2.30. The first-order valence-electron chi connectivity index (χ1n) is 8.02. The Morgan fingerprint density at radius 3 is 2.93 bits per heavy atom. The lowest BCUT2D eigenvalue weighted by Gasteiger charge is -2.13. The van der Waals surface area contributed by atoms with E-state index in [-0.39, 0.29) is 6.42 Å². The van der Waals surface area contributed by atoms with E-state index < -0.39 is 18.0 Å². The van der Waals surface area contributed by atoms with Crippen LogP contribution >= 0.6 is 22.7 Å². The van der Waals surface area contributed by atoms with Crippen molar-refractivity contribution in [3.63, 3.8) is 0 Å². The van der Waals surface area contributed by atoms with Gasteiger partial charge in [-0.15, -0.1) is 11.3 Å². The van der Waals surface area contributed by atoms with Gasteiger partial charge in [0.25, 0.3) is 5.91 Å². The highest BCUT2D eigenvalue weighted by molar-refractivity contribution is 7.14. The zero-order valence-corrected chi connectivity index (χ0v) is 16.0. The average Bonchev–Trinajstić information content (AvgIpc) is 3.33. The van der Waals surface area contributed by atoms with Crippen molar-refractivity contribution in [3.05, 3.63) is 57.7 Å². The highest BCUT2D eigenvalue weighted by Crippen LogP contribution is 2.25. The number of thiophene rings is 1. The molecule has 3 aromatic rings. The number of aromatic nitrogens is 1. The smallest absolute Gasteiger partial charge is 0.312 e. The predicted octanol–water partition coefficient (Wildman–Crippen LogP) is 3.86. The number of rotatable bonds is 6. The second-order valence-corrected chi connectivity index (χ2v) is 7.28. The highest BCUT2D eigenvalue weighted by Gasteiger charge is 2.19. The molecule has 0 fully saturated rings. The molecule has 0 saturated carbocycles. The van der Waals surface area contributed by atoms with Crippen molar-refractivity contribution >= 4 is 40.2 Å². The van der Waals surface area contributed by atoms with Gasteiger partial charge < -0.3 is 10.1 Å². The van der Waals surface area contributed by atoms with E-state index in [1.54, 1.807) is 35.6 Å². The van der Waals surface area contributed by atoms with Gasteiger partial charge in [0.1, 0.15) is 5.01 Å². The number of nitrogens with one attached hydrogen (secondary N) is 1. The zero-order chi connectivity index (χ0) is 19.2. The number of nitrogens with zero attached hydrogens (tertiary/aromatic N) is 2. The minimum atomic E-state index is -0.960. The molecule has 2 aromatic heterocycles. The predicted molar refractivity (Wildman–Crippen MR) is 104 cm³/mol. The second-order valence-electron chi connectivity index (χ2n) is 5.65. The molecule has 27 heavy (non-hydrogen) atoms. The van der Waals surface area contributed by atoms with Crippen molar-refractivity contribution in [1.29, 1.82) is 5.26 Å². The Balaban J connectivity index is 1.54. The number of anilines is 1. The van der Waals surface area contributed by atoms with Crippen molar-refractivity contribution in [3.8, 4) is 16.6 Å². The van der Waals surface area contributed by atoms with Crippen molar-refractivity contribution in [1.82, 2.24) is 4.98 Å². The van der Waals surface area contributed by atoms with Crippen LogP contribution in [0.1, 0.15) is 18.2 Å². The number of esters is 1. The quantitative estimate of drug-likeness (QED) is 0.638. The summed E-state index contributed by atoms with van der Waals surface area (Å²) in [6, 6.07) is 10.5. The van der Waals surface area contributed by atoms with Gasteiger partial charge in [0.2, 0.25) is 0 Å². The first kappa shape index (κ1) is 18.8. The lowest BCUT2D eigenvalue weighted by molar-refractivity contribution is -0.152. The summed E-state index contributed by atoms with van der Waals surface area (Å²) < 4.78 is 5.20. The van der Waals surface area contributed by atoms with Crippen LogP contribution in [-0.2, 0) is 20.7 Å². The molecule has 136 valence electrons. The van der Waals surface area contributed by atoms with Crippen molar-refractivity contribution < 1.29 is 14.3 Å². The van der Waals surface area contributed by atoms with E-state index in [4.69, 9.17) is 10.00 Å². The van der Waals surface area contributed by atoms with E-state index in [0.29, 0.717) is 16.9 Å². The van der Waals surface area contributed by atoms with Crippen LogP contribution in [0.3, 0.4) is 0 Å². The summed E-state index contributed by atoms with van der Waals surface area (Å²) in [5.41, 5.74) is 2.54. The molecule has 1 amide bonds. The monoisotopic (exact) mass is 397 g/mol. The second kappa shape index (κ2) is 8.58. The van der Waals surface area contributed by atoms with Gasteiger partial charge in [0.05, 0.1) is 23.7 Å². The molecule has 1 N–H and O–H groups in total. The Morgan fingerprint density at radius 2 is 2.19 bits per heavy atom. The Labute approximate surface area is 164 Å². The summed E-state index contributed by atoms with van der Waals surface area (Å²) in [4.78, 5) is 28.7. The van der Waals surface area contributed by atoms with E-state index in [9.17, 15) is 9.59 Å². The molecule has 0 bridgehead atoms. The molecule has 3 rings (SSSR count). The summed E-state index contributed by atoms with van der Waals surface area (Å²) in [6.45, 7) is 1.50. The third-order valence-electron chi connectivity index (χ3n) is 3.58. The number of carbonyl (C=O) groups is 2. The van der Waals surface area contributed by atoms with E-state index >= 15 is 0 Å².